The average Bonchev–Trinajstić information content (AvgIpc) is 3.40. The molecule has 0 atom stereocenters. The van der Waals surface area contributed by atoms with Crippen LogP contribution >= 0.6 is 0 Å². The van der Waals surface area contributed by atoms with Crippen molar-refractivity contribution < 1.29 is 48.2 Å². The third kappa shape index (κ3) is 7.44. The summed E-state index contributed by atoms with van der Waals surface area (Å²) in [6.07, 6.45) is 5.01. The normalized spacial score (nSPS) is 14.2. The molecule has 0 aliphatic rings. The van der Waals surface area contributed by atoms with E-state index in [4.69, 9.17) is 27.5 Å². The molecule has 0 saturated carbocycles. The van der Waals surface area contributed by atoms with Gasteiger partial charge in [0.05, 0.1) is 30.4 Å². The maximum absolute atomic E-state index is 9.05. The minimum atomic E-state index is -2.56. The van der Waals surface area contributed by atoms with Gasteiger partial charge >= 0.3 is 0 Å². The van der Waals surface area contributed by atoms with Crippen molar-refractivity contribution in [3.05, 3.63) is 248 Å². The Balaban J connectivity index is 0.00000675. The number of ether oxygens (including phenoxy) is 1. The van der Waals surface area contributed by atoms with Gasteiger partial charge in [-0.15, -0.1) is 29.7 Å². The van der Waals surface area contributed by atoms with Crippen molar-refractivity contribution >= 4 is 32.8 Å². The maximum atomic E-state index is 9.05. The molecule has 0 radical (unpaired) electrons. The van der Waals surface area contributed by atoms with Gasteiger partial charge in [0.25, 0.3) is 6.33 Å². The zero-order valence-corrected chi connectivity index (χ0v) is 37.4. The molecular weight excluding hydrogens is 1000 g/mol. The van der Waals surface area contributed by atoms with Crippen LogP contribution in [-0.2, 0) is 21.1 Å². The smallest absolute Gasteiger partial charge is 0.268 e. The molecule has 0 unspecified atom stereocenters. The Morgan fingerprint density at radius 3 is 1.90 bits per heavy atom. The van der Waals surface area contributed by atoms with Gasteiger partial charge < -0.3 is 13.9 Å². The molecule has 0 fully saturated rings. The first kappa shape index (κ1) is 29.4. The van der Waals surface area contributed by atoms with Crippen molar-refractivity contribution in [3.63, 3.8) is 0 Å². The molecule has 0 amide bonds. The number of fused-ring (bicyclic) bond motifs is 4. The van der Waals surface area contributed by atoms with Crippen molar-refractivity contribution in [3.8, 4) is 73.2 Å². The van der Waals surface area contributed by atoms with Crippen LogP contribution in [0.15, 0.2) is 224 Å². The maximum Gasteiger partial charge on any atom is 0.268 e. The summed E-state index contributed by atoms with van der Waals surface area (Å²) in [6, 6.07) is 48.7. The van der Waals surface area contributed by atoms with Gasteiger partial charge in [-0.3, -0.25) is 4.57 Å². The van der Waals surface area contributed by atoms with Crippen molar-refractivity contribution in [1.82, 2.24) is 14.1 Å². The predicted octanol–water partition coefficient (Wildman–Crippen LogP) is 14.6. The zero-order chi connectivity index (χ0) is 55.2. The number of aromatic nitrogens is 4. The fraction of sp³-hybridized carbons (Fsp3) is 0.0164. The van der Waals surface area contributed by atoms with E-state index < -0.39 is 67.3 Å². The van der Waals surface area contributed by atoms with Crippen LogP contribution in [0.3, 0.4) is 0 Å². The quantitative estimate of drug-likeness (QED) is 0.107. The van der Waals surface area contributed by atoms with Crippen LogP contribution in [0.1, 0.15) is 23.4 Å². The topological polar surface area (TPSA) is 35.9 Å². The van der Waals surface area contributed by atoms with E-state index in [9.17, 15) is 0 Å². The monoisotopic (exact) mass is 1050 g/mol. The van der Waals surface area contributed by atoms with E-state index in [1.807, 2.05) is 108 Å². The van der Waals surface area contributed by atoms with Gasteiger partial charge in [-0.25, -0.2) is 4.98 Å². The third-order valence-corrected chi connectivity index (χ3v) is 11.6. The second-order valence-electron chi connectivity index (χ2n) is 15.4. The zero-order valence-electron chi connectivity index (χ0n) is 48.1. The molecule has 3 aromatic heterocycles. The number of hydrogen-bond donors (Lipinski definition) is 0. The molecule has 0 aliphatic carbocycles. The number of rotatable bonds is 9. The summed E-state index contributed by atoms with van der Waals surface area (Å²) in [4.78, 5) is 5.09. The molecule has 67 heavy (non-hydrogen) atoms. The SMILES string of the molecule is [2H]c1c([2H])c([2H])c(-c2cccc(-c3c([2H])c([2H])c([2H])c([2H])c3[2H])c2-[n+]2[c-]n(-c3[c-]c(Oc4[c-]c5c(cc4)c4ccccc4n5-c4ncc(-c5ccccc5)c(C([2H])([2H])[2H])c4-c4ccccc4)ccc3)c3ccccc32)c([2H])c1[2H].[Pt]. The molecule has 0 spiro atoms. The van der Waals surface area contributed by atoms with E-state index >= 15 is 0 Å². The minimum Gasteiger partial charge on any atom is -0.510 e. The molecule has 12 rings (SSSR count). The second kappa shape index (κ2) is 17.7. The van der Waals surface area contributed by atoms with E-state index in [2.05, 4.69) is 18.5 Å². The fourth-order valence-corrected chi connectivity index (χ4v) is 8.65. The van der Waals surface area contributed by atoms with E-state index in [0.29, 0.717) is 56.1 Å². The number of pyridine rings is 1. The first-order chi connectivity index (χ1) is 38.0. The molecular formula is C61H40N4OPt-2. The summed E-state index contributed by atoms with van der Waals surface area (Å²) in [5, 5.41) is 1.69. The molecule has 0 N–H and O–H groups in total. The molecule has 322 valence electrons. The largest absolute Gasteiger partial charge is 0.510 e. The Hall–Kier alpha value is -8.11. The van der Waals surface area contributed by atoms with Gasteiger partial charge in [0.15, 0.2) is 0 Å². The van der Waals surface area contributed by atoms with E-state index in [0.717, 1.165) is 16.3 Å². The van der Waals surface area contributed by atoms with Crippen LogP contribution in [0.4, 0.5) is 0 Å². The predicted molar refractivity (Wildman–Crippen MR) is 266 cm³/mol. The van der Waals surface area contributed by atoms with Crippen LogP contribution in [-0.4, -0.2) is 14.1 Å². The van der Waals surface area contributed by atoms with Gasteiger partial charge in [-0.05, 0) is 62.9 Å². The first-order valence-electron chi connectivity index (χ1n) is 27.6. The Kier molecular flexibility index (Phi) is 7.77. The van der Waals surface area contributed by atoms with Crippen molar-refractivity contribution in [2.75, 3.05) is 0 Å². The Bertz CT molecular complexity index is 4320. The summed E-state index contributed by atoms with van der Waals surface area (Å²) < 4.78 is 126. The summed E-state index contributed by atoms with van der Waals surface area (Å²) >= 11 is 0. The van der Waals surface area contributed by atoms with E-state index in [-0.39, 0.29) is 60.3 Å². The number of imidazole rings is 1. The number of hydrogen-bond acceptors (Lipinski definition) is 2. The van der Waals surface area contributed by atoms with Crippen molar-refractivity contribution in [1.29, 1.82) is 0 Å². The van der Waals surface area contributed by atoms with Crippen LogP contribution in [0, 0.1) is 25.3 Å². The molecule has 6 heteroatoms. The summed E-state index contributed by atoms with van der Waals surface area (Å²) in [6.45, 7) is -2.56. The number of nitrogens with zero attached hydrogens (tertiary/aromatic N) is 4. The summed E-state index contributed by atoms with van der Waals surface area (Å²) in [7, 11) is 0. The first-order valence-corrected chi connectivity index (χ1v) is 21.1. The van der Waals surface area contributed by atoms with Crippen LogP contribution < -0.4 is 9.30 Å². The third-order valence-electron chi connectivity index (χ3n) is 11.6. The summed E-state index contributed by atoms with van der Waals surface area (Å²) in [5.41, 5.74) is 5.29. The standard InChI is InChI=1S/C61H40N4O.Pt/c1-42-54(45-24-10-4-11-25-45)40-62-61(59(42)46-26-12-5-13-27-46)65-55-33-15-14-30-52(55)53-37-36-49(39-58(53)65)66-48-29-18-28-47(38-48)63-41-64(57-35-17-16-34-56(57)63)60-50(43-20-6-2-7-21-43)31-19-32-51(60)44-22-8-3-9-23-44;/h2-37,40H,1H3;/q-2;/i1D3,2D,3D,6D,7D,8D,9D,20D,21D,22D,23D;. The van der Waals surface area contributed by atoms with Crippen LogP contribution in [0.25, 0.3) is 94.5 Å². The molecule has 0 saturated heterocycles. The molecule has 5 nitrogen and oxygen atoms in total. The molecule has 9 aromatic carbocycles. The molecule has 3 heterocycles. The molecule has 12 aromatic rings. The van der Waals surface area contributed by atoms with Gasteiger partial charge in [0, 0.05) is 59.5 Å². The van der Waals surface area contributed by atoms with Crippen molar-refractivity contribution in [2.24, 2.45) is 0 Å². The fourth-order valence-electron chi connectivity index (χ4n) is 8.65. The van der Waals surface area contributed by atoms with Gasteiger partial charge in [0.1, 0.15) is 5.82 Å². The Morgan fingerprint density at radius 2 is 1.18 bits per heavy atom. The number of para-hydroxylation sites is 4. The molecule has 0 aliphatic heterocycles. The minimum absolute atomic E-state index is 0. The number of benzene rings is 9. The van der Waals surface area contributed by atoms with Crippen LogP contribution in [0.2, 0.25) is 0 Å². The van der Waals surface area contributed by atoms with Crippen LogP contribution in [0.5, 0.6) is 11.5 Å². The second-order valence-corrected chi connectivity index (χ2v) is 15.4. The summed E-state index contributed by atoms with van der Waals surface area (Å²) in [5.74, 6) is 0.958. The van der Waals surface area contributed by atoms with Gasteiger partial charge in [-0.2, -0.15) is 18.2 Å². The van der Waals surface area contributed by atoms with Gasteiger partial charge in [-0.1, -0.05) is 187 Å². The van der Waals surface area contributed by atoms with E-state index in [1.165, 1.54) is 0 Å². The van der Waals surface area contributed by atoms with E-state index in [1.54, 1.807) is 69.9 Å². The molecule has 0 bridgehead atoms. The average molecular weight is 1050 g/mol. The Labute approximate surface area is 422 Å². The van der Waals surface area contributed by atoms with Crippen molar-refractivity contribution in [2.45, 2.75) is 6.85 Å². The Morgan fingerprint density at radius 1 is 0.552 bits per heavy atom. The van der Waals surface area contributed by atoms with Gasteiger partial charge in [0.2, 0.25) is 0 Å².